The molecule has 2 aromatic rings. The quantitative estimate of drug-likeness (QED) is 0.351. The molecule has 0 aromatic heterocycles. The van der Waals surface area contributed by atoms with Gasteiger partial charge in [-0.15, -0.1) is 0 Å². The number of carbonyl (C=O) groups is 1. The zero-order valence-corrected chi connectivity index (χ0v) is 17.2. The molecule has 0 spiro atoms. The van der Waals surface area contributed by atoms with E-state index >= 15 is 0 Å². The maximum Gasteiger partial charge on any atom is 0.306 e. The summed E-state index contributed by atoms with van der Waals surface area (Å²) < 4.78 is 11.0. The normalized spacial score (nSPS) is 15.7. The van der Waals surface area contributed by atoms with Gasteiger partial charge < -0.3 is 14.3 Å². The SMILES string of the molecule is CCO/N=C/c1ccc(OCc2ccc3c(c2)CC(CC(=O)OCC)CC3)cc1. The number of nitrogens with zero attached hydrogens (tertiary/aromatic N) is 1. The summed E-state index contributed by atoms with van der Waals surface area (Å²) in [5, 5.41) is 3.86. The molecule has 0 heterocycles. The maximum atomic E-state index is 11.8. The van der Waals surface area contributed by atoms with Crippen molar-refractivity contribution >= 4 is 12.2 Å². The van der Waals surface area contributed by atoms with Crippen molar-refractivity contribution in [2.45, 2.75) is 46.1 Å². The van der Waals surface area contributed by atoms with Crippen LogP contribution in [0.2, 0.25) is 0 Å². The maximum absolute atomic E-state index is 11.8. The third-order valence-corrected chi connectivity index (χ3v) is 5.05. The summed E-state index contributed by atoms with van der Waals surface area (Å²) in [7, 11) is 0. The zero-order valence-electron chi connectivity index (χ0n) is 17.2. The van der Waals surface area contributed by atoms with E-state index in [-0.39, 0.29) is 5.97 Å². The van der Waals surface area contributed by atoms with E-state index in [4.69, 9.17) is 14.3 Å². The van der Waals surface area contributed by atoms with E-state index in [0.717, 1.165) is 36.1 Å². The third-order valence-electron chi connectivity index (χ3n) is 5.05. The lowest BCUT2D eigenvalue weighted by molar-refractivity contribution is -0.144. The number of ether oxygens (including phenoxy) is 2. The van der Waals surface area contributed by atoms with Gasteiger partial charge in [-0.25, -0.2) is 0 Å². The van der Waals surface area contributed by atoms with Crippen molar-refractivity contribution in [3.05, 3.63) is 64.7 Å². The molecule has 0 fully saturated rings. The highest BCUT2D eigenvalue weighted by Crippen LogP contribution is 2.29. The Bertz CT molecular complexity index is 829. The highest BCUT2D eigenvalue weighted by Gasteiger charge is 2.22. The Kier molecular flexibility index (Phi) is 7.68. The molecule has 5 heteroatoms. The summed E-state index contributed by atoms with van der Waals surface area (Å²) in [5.41, 5.74) is 4.82. The van der Waals surface area contributed by atoms with Crippen LogP contribution < -0.4 is 4.74 Å². The monoisotopic (exact) mass is 395 g/mol. The van der Waals surface area contributed by atoms with E-state index in [9.17, 15) is 4.79 Å². The fourth-order valence-corrected chi connectivity index (χ4v) is 3.59. The molecule has 0 saturated heterocycles. The van der Waals surface area contributed by atoms with Crippen molar-refractivity contribution in [3.8, 4) is 5.75 Å². The smallest absolute Gasteiger partial charge is 0.306 e. The van der Waals surface area contributed by atoms with Gasteiger partial charge in [-0.1, -0.05) is 23.4 Å². The number of hydrogen-bond acceptors (Lipinski definition) is 5. The number of fused-ring (bicyclic) bond motifs is 1. The fourth-order valence-electron chi connectivity index (χ4n) is 3.59. The molecule has 1 aliphatic rings. The van der Waals surface area contributed by atoms with Gasteiger partial charge in [0.05, 0.1) is 12.8 Å². The minimum Gasteiger partial charge on any atom is -0.489 e. The molecule has 154 valence electrons. The van der Waals surface area contributed by atoms with E-state index in [2.05, 4.69) is 23.4 Å². The Morgan fingerprint density at radius 1 is 1.10 bits per heavy atom. The van der Waals surface area contributed by atoms with Crippen molar-refractivity contribution in [3.63, 3.8) is 0 Å². The molecule has 0 amide bonds. The molecule has 0 aliphatic heterocycles. The van der Waals surface area contributed by atoms with E-state index in [1.54, 1.807) is 6.21 Å². The van der Waals surface area contributed by atoms with Gasteiger partial charge >= 0.3 is 5.97 Å². The van der Waals surface area contributed by atoms with Crippen LogP contribution in [0.15, 0.2) is 47.6 Å². The van der Waals surface area contributed by atoms with Crippen LogP contribution in [0.3, 0.4) is 0 Å². The van der Waals surface area contributed by atoms with E-state index in [1.807, 2.05) is 38.1 Å². The van der Waals surface area contributed by atoms with Gasteiger partial charge in [-0.3, -0.25) is 4.79 Å². The van der Waals surface area contributed by atoms with Gasteiger partial charge in [0, 0.05) is 6.42 Å². The van der Waals surface area contributed by atoms with Crippen LogP contribution in [0, 0.1) is 5.92 Å². The topological polar surface area (TPSA) is 57.1 Å². The first kappa shape index (κ1) is 20.9. The molecule has 1 unspecified atom stereocenters. The molecular formula is C24H29NO4. The number of aryl methyl sites for hydroxylation is 1. The first-order valence-electron chi connectivity index (χ1n) is 10.3. The highest BCUT2D eigenvalue weighted by molar-refractivity contribution is 5.79. The Morgan fingerprint density at radius 3 is 2.69 bits per heavy atom. The second-order valence-corrected chi connectivity index (χ2v) is 7.23. The molecule has 2 aromatic carbocycles. The van der Waals surface area contributed by atoms with Crippen LogP contribution >= 0.6 is 0 Å². The van der Waals surface area contributed by atoms with E-state index in [0.29, 0.717) is 32.2 Å². The largest absolute Gasteiger partial charge is 0.489 e. The van der Waals surface area contributed by atoms with Crippen LogP contribution in [-0.4, -0.2) is 25.4 Å². The lowest BCUT2D eigenvalue weighted by Gasteiger charge is -2.24. The highest BCUT2D eigenvalue weighted by atomic mass is 16.6. The molecule has 29 heavy (non-hydrogen) atoms. The van der Waals surface area contributed by atoms with Crippen LogP contribution in [0.4, 0.5) is 0 Å². The van der Waals surface area contributed by atoms with Gasteiger partial charge in [0.2, 0.25) is 0 Å². The van der Waals surface area contributed by atoms with Gasteiger partial charge in [0.25, 0.3) is 0 Å². The van der Waals surface area contributed by atoms with Crippen LogP contribution in [-0.2, 0) is 33.8 Å². The second kappa shape index (κ2) is 10.6. The molecule has 1 atom stereocenters. The molecular weight excluding hydrogens is 366 g/mol. The Labute approximate surface area is 172 Å². The number of carbonyl (C=O) groups excluding carboxylic acids is 1. The minimum atomic E-state index is -0.0878. The average Bonchev–Trinajstić information content (AvgIpc) is 2.73. The van der Waals surface area contributed by atoms with Crippen molar-refractivity contribution in [1.82, 2.24) is 0 Å². The molecule has 0 saturated carbocycles. The van der Waals surface area contributed by atoms with Crippen molar-refractivity contribution in [1.29, 1.82) is 0 Å². The van der Waals surface area contributed by atoms with E-state index in [1.165, 1.54) is 11.1 Å². The fraction of sp³-hybridized carbons (Fsp3) is 0.417. The first-order chi connectivity index (χ1) is 14.2. The van der Waals surface area contributed by atoms with Crippen molar-refractivity contribution in [2.24, 2.45) is 11.1 Å². The Hall–Kier alpha value is -2.82. The molecule has 3 rings (SSSR count). The van der Waals surface area contributed by atoms with Crippen LogP contribution in [0.1, 0.15) is 48.9 Å². The lowest BCUT2D eigenvalue weighted by Crippen LogP contribution is -2.19. The minimum absolute atomic E-state index is 0.0878. The van der Waals surface area contributed by atoms with Gasteiger partial charge in [-0.05, 0) is 85.5 Å². The zero-order chi connectivity index (χ0) is 20.5. The van der Waals surface area contributed by atoms with Crippen LogP contribution in [0.25, 0.3) is 0 Å². The van der Waals surface area contributed by atoms with Gasteiger partial charge in [0.15, 0.2) is 0 Å². The van der Waals surface area contributed by atoms with Crippen molar-refractivity contribution < 1.29 is 19.1 Å². The standard InChI is InChI=1S/C24H29NO4/c1-3-27-24(26)15-19-5-9-21-10-6-20(14-22(21)13-19)17-28-23-11-7-18(8-12-23)16-25-29-4-2/h6-8,10-12,14,16,19H,3-5,9,13,15,17H2,1-2H3/b25-16+. The Morgan fingerprint density at radius 2 is 1.93 bits per heavy atom. The first-order valence-corrected chi connectivity index (χ1v) is 10.3. The average molecular weight is 395 g/mol. The molecule has 1 aliphatic carbocycles. The van der Waals surface area contributed by atoms with Crippen molar-refractivity contribution in [2.75, 3.05) is 13.2 Å². The predicted octanol–water partition coefficient (Wildman–Crippen LogP) is 4.69. The molecule has 0 bridgehead atoms. The van der Waals surface area contributed by atoms with Gasteiger partial charge in [0.1, 0.15) is 19.0 Å². The third kappa shape index (κ3) is 6.34. The summed E-state index contributed by atoms with van der Waals surface area (Å²) in [6.45, 7) is 5.27. The summed E-state index contributed by atoms with van der Waals surface area (Å²) in [6, 6.07) is 14.3. The number of rotatable bonds is 9. The number of oxime groups is 1. The number of hydrogen-bond donors (Lipinski definition) is 0. The number of benzene rings is 2. The summed E-state index contributed by atoms with van der Waals surface area (Å²) >= 11 is 0. The Balaban J connectivity index is 1.55. The number of esters is 1. The second-order valence-electron chi connectivity index (χ2n) is 7.23. The van der Waals surface area contributed by atoms with Crippen LogP contribution in [0.5, 0.6) is 5.75 Å². The van der Waals surface area contributed by atoms with Gasteiger partial charge in [-0.2, -0.15) is 0 Å². The summed E-state index contributed by atoms with van der Waals surface area (Å²) in [4.78, 5) is 16.8. The molecule has 0 radical (unpaired) electrons. The molecule has 0 N–H and O–H groups in total. The summed E-state index contributed by atoms with van der Waals surface area (Å²) in [6.07, 6.45) is 5.18. The summed E-state index contributed by atoms with van der Waals surface area (Å²) in [5.74, 6) is 1.09. The predicted molar refractivity (Wildman–Crippen MR) is 113 cm³/mol. The lowest BCUT2D eigenvalue weighted by atomic mass is 9.81. The molecule has 5 nitrogen and oxygen atoms in total. The van der Waals surface area contributed by atoms with E-state index < -0.39 is 0 Å².